The van der Waals surface area contributed by atoms with E-state index < -0.39 is 0 Å². The molecule has 0 fully saturated rings. The van der Waals surface area contributed by atoms with Gasteiger partial charge in [-0.25, -0.2) is 0 Å². The fraction of sp³-hybridized carbons (Fsp3) is 0.200. The zero-order valence-electron chi connectivity index (χ0n) is 13.3. The van der Waals surface area contributed by atoms with Gasteiger partial charge in [0.1, 0.15) is 0 Å². The van der Waals surface area contributed by atoms with Gasteiger partial charge >= 0.3 is 0 Å². The van der Waals surface area contributed by atoms with Crippen LogP contribution >= 0.6 is 0 Å². The molecule has 23 heavy (non-hydrogen) atoms. The maximum absolute atomic E-state index is 12.1. The molecule has 0 aliphatic heterocycles. The van der Waals surface area contributed by atoms with Gasteiger partial charge in [-0.15, -0.1) is 0 Å². The molecule has 116 valence electrons. The summed E-state index contributed by atoms with van der Waals surface area (Å²) in [5, 5.41) is 5.44. The lowest BCUT2D eigenvalue weighted by molar-refractivity contribution is -0.117. The number of fused-ring (bicyclic) bond motifs is 1. The molecule has 1 aromatic heterocycles. The highest BCUT2D eigenvalue weighted by Crippen LogP contribution is 2.15. The van der Waals surface area contributed by atoms with E-state index in [1.165, 1.54) is 11.1 Å². The van der Waals surface area contributed by atoms with Crippen molar-refractivity contribution in [2.24, 2.45) is 0 Å². The first-order valence-electron chi connectivity index (χ1n) is 7.81. The number of hydrogen-bond donors (Lipinski definition) is 1. The molecule has 2 aromatic carbocycles. The fourth-order valence-electron chi connectivity index (χ4n) is 2.59. The summed E-state index contributed by atoms with van der Waals surface area (Å²) in [6.07, 6.45) is 4.07. The van der Waals surface area contributed by atoms with Crippen molar-refractivity contribution in [3.05, 3.63) is 77.6 Å². The summed E-state index contributed by atoms with van der Waals surface area (Å²) >= 11 is 0. The van der Waals surface area contributed by atoms with E-state index in [1.807, 2.05) is 24.4 Å². The predicted octanol–water partition coefficient (Wildman–Crippen LogP) is 3.44. The van der Waals surface area contributed by atoms with Gasteiger partial charge < -0.3 is 5.32 Å². The first kappa shape index (κ1) is 15.4. The SMILES string of the molecule is Cc1ccc(CNCC(=O)Cc2ccc3cnccc3c2)cc1. The molecule has 0 aliphatic rings. The molecule has 3 aromatic rings. The van der Waals surface area contributed by atoms with Crippen LogP contribution in [0.1, 0.15) is 16.7 Å². The number of benzene rings is 2. The van der Waals surface area contributed by atoms with Crippen LogP contribution in [0.25, 0.3) is 10.8 Å². The van der Waals surface area contributed by atoms with E-state index in [-0.39, 0.29) is 5.78 Å². The van der Waals surface area contributed by atoms with Crippen LogP contribution in [-0.4, -0.2) is 17.3 Å². The smallest absolute Gasteiger partial charge is 0.150 e. The highest BCUT2D eigenvalue weighted by molar-refractivity contribution is 5.86. The predicted molar refractivity (Wildman–Crippen MR) is 93.3 cm³/mol. The van der Waals surface area contributed by atoms with Gasteiger partial charge in [-0.2, -0.15) is 0 Å². The van der Waals surface area contributed by atoms with Gasteiger partial charge in [0.25, 0.3) is 0 Å². The van der Waals surface area contributed by atoms with E-state index >= 15 is 0 Å². The van der Waals surface area contributed by atoms with Crippen molar-refractivity contribution in [1.82, 2.24) is 10.3 Å². The van der Waals surface area contributed by atoms with Gasteiger partial charge in [0.2, 0.25) is 0 Å². The Bertz CT molecular complexity index is 809. The zero-order chi connectivity index (χ0) is 16.1. The number of rotatable bonds is 6. The third-order valence-corrected chi connectivity index (χ3v) is 3.88. The van der Waals surface area contributed by atoms with Crippen molar-refractivity contribution in [3.63, 3.8) is 0 Å². The Hall–Kier alpha value is -2.52. The summed E-state index contributed by atoms with van der Waals surface area (Å²) < 4.78 is 0. The van der Waals surface area contributed by atoms with E-state index in [0.717, 1.165) is 22.9 Å². The van der Waals surface area contributed by atoms with Crippen LogP contribution in [0.3, 0.4) is 0 Å². The fourth-order valence-corrected chi connectivity index (χ4v) is 2.59. The molecular weight excluding hydrogens is 284 g/mol. The van der Waals surface area contributed by atoms with Crippen molar-refractivity contribution < 1.29 is 4.79 Å². The van der Waals surface area contributed by atoms with Crippen LogP contribution in [-0.2, 0) is 17.8 Å². The maximum atomic E-state index is 12.1. The van der Waals surface area contributed by atoms with Gasteiger partial charge in [-0.3, -0.25) is 9.78 Å². The summed E-state index contributed by atoms with van der Waals surface area (Å²) in [5.74, 6) is 0.200. The highest BCUT2D eigenvalue weighted by Gasteiger charge is 2.04. The lowest BCUT2D eigenvalue weighted by Crippen LogP contribution is -2.23. The van der Waals surface area contributed by atoms with Gasteiger partial charge in [0.05, 0.1) is 6.54 Å². The van der Waals surface area contributed by atoms with Crippen molar-refractivity contribution in [2.45, 2.75) is 19.9 Å². The number of hydrogen-bond acceptors (Lipinski definition) is 3. The van der Waals surface area contributed by atoms with Gasteiger partial charge in [0.15, 0.2) is 5.78 Å². The first-order chi connectivity index (χ1) is 11.2. The number of carbonyl (C=O) groups excluding carboxylic acids is 1. The average molecular weight is 304 g/mol. The van der Waals surface area contributed by atoms with E-state index in [2.05, 4.69) is 47.6 Å². The normalized spacial score (nSPS) is 10.8. The van der Waals surface area contributed by atoms with Crippen molar-refractivity contribution in [3.8, 4) is 0 Å². The van der Waals surface area contributed by atoms with E-state index in [0.29, 0.717) is 13.0 Å². The van der Waals surface area contributed by atoms with Crippen LogP contribution in [0.2, 0.25) is 0 Å². The molecule has 3 nitrogen and oxygen atoms in total. The molecule has 3 rings (SSSR count). The summed E-state index contributed by atoms with van der Waals surface area (Å²) in [4.78, 5) is 16.2. The lowest BCUT2D eigenvalue weighted by atomic mass is 10.0. The standard InChI is InChI=1S/C20H20N2O/c1-15-2-4-16(5-3-15)12-22-14-20(23)11-17-6-7-19-13-21-9-8-18(19)10-17/h2-10,13,22H,11-12,14H2,1H3. The number of aryl methyl sites for hydroxylation is 1. The Morgan fingerprint density at radius 3 is 2.61 bits per heavy atom. The molecule has 0 radical (unpaired) electrons. The monoisotopic (exact) mass is 304 g/mol. The maximum Gasteiger partial charge on any atom is 0.150 e. The molecule has 0 amide bonds. The molecule has 1 heterocycles. The topological polar surface area (TPSA) is 42.0 Å². The number of nitrogens with one attached hydrogen (secondary N) is 1. The summed E-state index contributed by atoms with van der Waals surface area (Å²) in [6.45, 7) is 3.18. The minimum Gasteiger partial charge on any atom is -0.306 e. The van der Waals surface area contributed by atoms with Crippen molar-refractivity contribution >= 4 is 16.6 Å². The number of carbonyl (C=O) groups is 1. The molecule has 0 bridgehead atoms. The minimum absolute atomic E-state index is 0.200. The Morgan fingerprint density at radius 2 is 1.78 bits per heavy atom. The Balaban J connectivity index is 1.53. The van der Waals surface area contributed by atoms with Crippen molar-refractivity contribution in [2.75, 3.05) is 6.54 Å². The number of Topliss-reactive ketones (excluding diaryl/α,β-unsaturated/α-hetero) is 1. The molecule has 3 heteroatoms. The Labute approximate surface area is 136 Å². The Morgan fingerprint density at radius 1 is 1.00 bits per heavy atom. The quantitative estimate of drug-likeness (QED) is 0.758. The molecule has 0 unspecified atom stereocenters. The van der Waals surface area contributed by atoms with Crippen LogP contribution in [0, 0.1) is 6.92 Å². The molecule has 0 saturated carbocycles. The molecule has 0 saturated heterocycles. The van der Waals surface area contributed by atoms with Gasteiger partial charge in [-0.1, -0.05) is 48.0 Å². The van der Waals surface area contributed by atoms with Crippen LogP contribution < -0.4 is 5.32 Å². The lowest BCUT2D eigenvalue weighted by Gasteiger charge is -2.06. The van der Waals surface area contributed by atoms with Crippen LogP contribution in [0.4, 0.5) is 0 Å². The molecule has 1 N–H and O–H groups in total. The van der Waals surface area contributed by atoms with Crippen LogP contribution in [0.5, 0.6) is 0 Å². The van der Waals surface area contributed by atoms with E-state index in [1.54, 1.807) is 6.20 Å². The third kappa shape index (κ3) is 4.24. The highest BCUT2D eigenvalue weighted by atomic mass is 16.1. The van der Waals surface area contributed by atoms with Crippen molar-refractivity contribution in [1.29, 1.82) is 0 Å². The van der Waals surface area contributed by atoms with E-state index in [4.69, 9.17) is 0 Å². The summed E-state index contributed by atoms with van der Waals surface area (Å²) in [5.41, 5.74) is 3.49. The molecule has 0 spiro atoms. The van der Waals surface area contributed by atoms with E-state index in [9.17, 15) is 4.79 Å². The first-order valence-corrected chi connectivity index (χ1v) is 7.81. The molecular formula is C20H20N2O. The molecule has 0 aliphatic carbocycles. The largest absolute Gasteiger partial charge is 0.306 e. The second-order valence-electron chi connectivity index (χ2n) is 5.86. The summed E-state index contributed by atoms with van der Waals surface area (Å²) in [7, 11) is 0. The van der Waals surface area contributed by atoms with Gasteiger partial charge in [0, 0.05) is 30.7 Å². The zero-order valence-corrected chi connectivity index (χ0v) is 13.3. The average Bonchev–Trinajstić information content (AvgIpc) is 2.56. The van der Waals surface area contributed by atoms with Gasteiger partial charge in [-0.05, 0) is 29.5 Å². The Kier molecular flexibility index (Phi) is 4.79. The number of pyridine rings is 1. The third-order valence-electron chi connectivity index (χ3n) is 3.88. The minimum atomic E-state index is 0.200. The second kappa shape index (κ2) is 7.16. The molecule has 0 atom stereocenters. The second-order valence-corrected chi connectivity index (χ2v) is 5.86. The van der Waals surface area contributed by atoms with Crippen LogP contribution in [0.15, 0.2) is 60.9 Å². The number of ketones is 1. The number of nitrogens with zero attached hydrogens (tertiary/aromatic N) is 1. The summed E-state index contributed by atoms with van der Waals surface area (Å²) in [6, 6.07) is 16.4. The number of aromatic nitrogens is 1.